The van der Waals surface area contributed by atoms with Crippen molar-refractivity contribution in [3.05, 3.63) is 59.4 Å². The highest BCUT2D eigenvalue weighted by Gasteiger charge is 2.23. The van der Waals surface area contributed by atoms with Crippen LogP contribution in [0.15, 0.2) is 42.7 Å². The average molecular weight is 380 g/mol. The maximum Gasteiger partial charge on any atom is 0.338 e. The van der Waals surface area contributed by atoms with Crippen LogP contribution in [-0.2, 0) is 0 Å². The number of carbonyl (C=O) groups is 1. The minimum atomic E-state index is -0.908. The minimum Gasteiger partial charge on any atom is -0.496 e. The van der Waals surface area contributed by atoms with E-state index in [1.54, 1.807) is 7.11 Å². The molecule has 1 aromatic carbocycles. The molecule has 2 aromatic heterocycles. The number of carboxylic acid groups (broad SMARTS) is 1. The van der Waals surface area contributed by atoms with Crippen molar-refractivity contribution in [2.75, 3.05) is 7.11 Å². The molecule has 0 aliphatic rings. The van der Waals surface area contributed by atoms with E-state index in [2.05, 4.69) is 39.8 Å². The summed E-state index contributed by atoms with van der Waals surface area (Å²) in [7, 11) is 1.72. The first-order chi connectivity index (χ1) is 13.4. The van der Waals surface area contributed by atoms with E-state index in [-0.39, 0.29) is 0 Å². The van der Waals surface area contributed by atoms with Gasteiger partial charge in [-0.05, 0) is 65.6 Å². The van der Waals surface area contributed by atoms with Crippen LogP contribution >= 0.6 is 0 Å². The molecule has 28 heavy (non-hydrogen) atoms. The van der Waals surface area contributed by atoms with Gasteiger partial charge in [-0.15, -0.1) is 0 Å². The summed E-state index contributed by atoms with van der Waals surface area (Å²) < 4.78 is 7.71. The number of pyridine rings is 1. The molecule has 0 bridgehead atoms. The van der Waals surface area contributed by atoms with Crippen molar-refractivity contribution in [1.29, 1.82) is 0 Å². The number of hydrogen-bond donors (Lipinski definition) is 1. The molecule has 0 radical (unpaired) electrons. The number of fused-ring (bicyclic) bond motifs is 1. The van der Waals surface area contributed by atoms with Crippen molar-refractivity contribution in [3.63, 3.8) is 0 Å². The fourth-order valence-electron chi connectivity index (χ4n) is 3.80. The Morgan fingerprint density at radius 1 is 1.11 bits per heavy atom. The first kappa shape index (κ1) is 20.0. The molecule has 148 valence electrons. The molecular formula is C24H29NO3. The van der Waals surface area contributed by atoms with Crippen molar-refractivity contribution >= 4 is 11.5 Å². The first-order valence-corrected chi connectivity index (χ1v) is 9.97. The summed E-state index contributed by atoms with van der Waals surface area (Å²) in [6.45, 7) is 8.71. The monoisotopic (exact) mass is 379 g/mol. The summed E-state index contributed by atoms with van der Waals surface area (Å²) in [6.07, 6.45) is 5.79. The highest BCUT2D eigenvalue weighted by atomic mass is 16.5. The molecule has 0 aliphatic carbocycles. The second-order valence-corrected chi connectivity index (χ2v) is 7.52. The quantitative estimate of drug-likeness (QED) is 0.521. The summed E-state index contributed by atoms with van der Waals surface area (Å²) in [5, 5.41) is 9.93. The predicted molar refractivity (Wildman–Crippen MR) is 114 cm³/mol. The SMILES string of the molecule is CCC(C)c1cc(-c2cn3ccccc3c2C(=O)O)cc(C(C)CC)c1OC. The maximum atomic E-state index is 12.1. The van der Waals surface area contributed by atoms with Gasteiger partial charge in [0.15, 0.2) is 0 Å². The van der Waals surface area contributed by atoms with Gasteiger partial charge in [0.05, 0.1) is 18.2 Å². The van der Waals surface area contributed by atoms with E-state index >= 15 is 0 Å². The number of benzene rings is 1. The van der Waals surface area contributed by atoms with Gasteiger partial charge in [-0.2, -0.15) is 0 Å². The lowest BCUT2D eigenvalue weighted by molar-refractivity contribution is 0.0700. The van der Waals surface area contributed by atoms with Gasteiger partial charge in [0.2, 0.25) is 0 Å². The third-order valence-electron chi connectivity index (χ3n) is 5.85. The predicted octanol–water partition coefficient (Wildman–Crippen LogP) is 6.34. The Morgan fingerprint density at radius 3 is 2.21 bits per heavy atom. The van der Waals surface area contributed by atoms with Gasteiger partial charge in [0.25, 0.3) is 0 Å². The van der Waals surface area contributed by atoms with Crippen LogP contribution in [0, 0.1) is 0 Å². The van der Waals surface area contributed by atoms with E-state index in [4.69, 9.17) is 4.74 Å². The third kappa shape index (κ3) is 3.39. The zero-order valence-electron chi connectivity index (χ0n) is 17.3. The lowest BCUT2D eigenvalue weighted by Crippen LogP contribution is -2.05. The molecule has 1 N–H and O–H groups in total. The normalized spacial score (nSPS) is 13.5. The number of aromatic nitrogens is 1. The second kappa shape index (κ2) is 8.09. The van der Waals surface area contributed by atoms with Crippen molar-refractivity contribution in [2.45, 2.75) is 52.4 Å². The Balaban J connectivity index is 2.35. The van der Waals surface area contributed by atoms with Crippen LogP contribution in [0.5, 0.6) is 5.75 Å². The molecule has 2 unspecified atom stereocenters. The van der Waals surface area contributed by atoms with Crippen LogP contribution in [0.2, 0.25) is 0 Å². The van der Waals surface area contributed by atoms with Crippen molar-refractivity contribution < 1.29 is 14.6 Å². The molecule has 0 saturated heterocycles. The van der Waals surface area contributed by atoms with E-state index in [1.807, 2.05) is 35.0 Å². The molecule has 3 aromatic rings. The third-order valence-corrected chi connectivity index (χ3v) is 5.85. The minimum absolute atomic E-state index is 0.322. The van der Waals surface area contributed by atoms with Crippen LogP contribution in [0.4, 0.5) is 0 Å². The number of methoxy groups -OCH3 is 1. The van der Waals surface area contributed by atoms with Gasteiger partial charge in [-0.25, -0.2) is 4.79 Å². The number of ether oxygens (including phenoxy) is 1. The van der Waals surface area contributed by atoms with Crippen LogP contribution < -0.4 is 4.74 Å². The molecular weight excluding hydrogens is 350 g/mol. The molecule has 0 amide bonds. The molecule has 3 rings (SSSR count). The Labute approximate surface area is 166 Å². The Morgan fingerprint density at radius 2 is 1.71 bits per heavy atom. The molecule has 2 atom stereocenters. The van der Waals surface area contributed by atoms with Crippen LogP contribution in [0.1, 0.15) is 73.9 Å². The largest absolute Gasteiger partial charge is 0.496 e. The fourth-order valence-corrected chi connectivity index (χ4v) is 3.80. The molecule has 2 heterocycles. The highest BCUT2D eigenvalue weighted by Crippen LogP contribution is 2.41. The summed E-state index contributed by atoms with van der Waals surface area (Å²) in [5.41, 5.74) is 5.02. The Bertz CT molecular complexity index is 971. The second-order valence-electron chi connectivity index (χ2n) is 7.52. The lowest BCUT2D eigenvalue weighted by Gasteiger charge is -2.22. The molecule has 4 nitrogen and oxygen atoms in total. The molecule has 0 aliphatic heterocycles. The van der Waals surface area contributed by atoms with Gasteiger partial charge in [0.1, 0.15) is 5.75 Å². The molecule has 0 fully saturated rings. The molecule has 4 heteroatoms. The number of aromatic carboxylic acids is 1. The van der Waals surface area contributed by atoms with Gasteiger partial charge < -0.3 is 14.2 Å². The lowest BCUT2D eigenvalue weighted by atomic mass is 9.86. The maximum absolute atomic E-state index is 12.1. The van der Waals surface area contributed by atoms with E-state index in [0.717, 1.165) is 40.8 Å². The summed E-state index contributed by atoms with van der Waals surface area (Å²) in [6, 6.07) is 9.85. The van der Waals surface area contributed by atoms with Crippen LogP contribution in [0.25, 0.3) is 16.6 Å². The van der Waals surface area contributed by atoms with Crippen LogP contribution in [-0.4, -0.2) is 22.6 Å². The highest BCUT2D eigenvalue weighted by molar-refractivity contribution is 6.03. The Hall–Kier alpha value is -2.75. The van der Waals surface area contributed by atoms with E-state index in [0.29, 0.717) is 22.9 Å². The van der Waals surface area contributed by atoms with Gasteiger partial charge >= 0.3 is 5.97 Å². The molecule has 0 spiro atoms. The summed E-state index contributed by atoms with van der Waals surface area (Å²) >= 11 is 0. The zero-order chi connectivity index (χ0) is 20.4. The molecule has 0 saturated carbocycles. The zero-order valence-corrected chi connectivity index (χ0v) is 17.3. The summed E-state index contributed by atoms with van der Waals surface area (Å²) in [4.78, 5) is 12.1. The number of hydrogen-bond acceptors (Lipinski definition) is 2. The van der Waals surface area contributed by atoms with E-state index in [9.17, 15) is 9.90 Å². The van der Waals surface area contributed by atoms with E-state index < -0.39 is 5.97 Å². The number of nitrogens with zero attached hydrogens (tertiary/aromatic N) is 1. The summed E-state index contributed by atoms with van der Waals surface area (Å²) in [5.74, 6) is 0.675. The average Bonchev–Trinajstić information content (AvgIpc) is 3.11. The van der Waals surface area contributed by atoms with Crippen molar-refractivity contribution in [1.82, 2.24) is 4.40 Å². The van der Waals surface area contributed by atoms with E-state index in [1.165, 1.54) is 0 Å². The standard InChI is InChI=1S/C24H29NO3/c1-6-15(3)18-12-17(13-19(16(4)7-2)23(18)28-5)20-14-25-11-9-8-10-21(25)22(20)24(26)27/h8-16H,6-7H2,1-5H3,(H,26,27). The van der Waals surface area contributed by atoms with Gasteiger partial charge in [-0.3, -0.25) is 0 Å². The van der Waals surface area contributed by atoms with Crippen molar-refractivity contribution in [2.24, 2.45) is 0 Å². The Kier molecular flexibility index (Phi) is 5.78. The topological polar surface area (TPSA) is 50.9 Å². The van der Waals surface area contributed by atoms with Crippen LogP contribution in [0.3, 0.4) is 0 Å². The van der Waals surface area contributed by atoms with Gasteiger partial charge in [0, 0.05) is 18.0 Å². The smallest absolute Gasteiger partial charge is 0.338 e. The number of rotatable bonds is 7. The van der Waals surface area contributed by atoms with Gasteiger partial charge in [-0.1, -0.05) is 33.8 Å². The van der Waals surface area contributed by atoms with Crippen molar-refractivity contribution in [3.8, 4) is 16.9 Å². The first-order valence-electron chi connectivity index (χ1n) is 9.97. The fraction of sp³-hybridized carbons (Fsp3) is 0.375. The number of carboxylic acids is 1.